The highest BCUT2D eigenvalue weighted by atomic mass is 16.5. The zero-order valence-corrected chi connectivity index (χ0v) is 19.2. The number of aromatic nitrogens is 2. The Kier molecular flexibility index (Phi) is 8.02. The van der Waals surface area contributed by atoms with Gasteiger partial charge in [0.05, 0.1) is 12.5 Å². The van der Waals surface area contributed by atoms with Gasteiger partial charge in [-0.3, -0.25) is 23.9 Å². The predicted molar refractivity (Wildman–Crippen MR) is 130 cm³/mol. The first-order valence-electron chi connectivity index (χ1n) is 11.1. The molecule has 3 N–H and O–H groups in total. The van der Waals surface area contributed by atoms with Crippen LogP contribution in [0.25, 0.3) is 0 Å². The molecule has 3 aromatic rings. The van der Waals surface area contributed by atoms with E-state index in [0.717, 1.165) is 16.0 Å². The van der Waals surface area contributed by atoms with E-state index in [0.29, 0.717) is 6.42 Å². The van der Waals surface area contributed by atoms with E-state index in [9.17, 15) is 19.2 Å². The lowest BCUT2D eigenvalue weighted by Crippen LogP contribution is -2.42. The standard InChI is InChI=1S/C25H28N4O5/c1-3-19(18-13-9-6-10-14-18)24(32)34-16-20(30)28(4-2)21-22(26)29(25(33)27-23(21)31)15-17-11-7-5-8-12-17/h5-14,19H,3-4,15-16,26H2,1-2H3,(H,27,31,33)/t19-/m0/s1. The van der Waals surface area contributed by atoms with Crippen molar-refractivity contribution in [1.82, 2.24) is 9.55 Å². The molecule has 0 saturated heterocycles. The van der Waals surface area contributed by atoms with Gasteiger partial charge in [0.25, 0.3) is 11.5 Å². The van der Waals surface area contributed by atoms with Crippen LogP contribution in [0.2, 0.25) is 0 Å². The van der Waals surface area contributed by atoms with Gasteiger partial charge in [-0.2, -0.15) is 0 Å². The molecule has 178 valence electrons. The van der Waals surface area contributed by atoms with E-state index < -0.39 is 35.7 Å². The van der Waals surface area contributed by atoms with E-state index in [-0.39, 0.29) is 24.6 Å². The van der Waals surface area contributed by atoms with Crippen LogP contribution in [0.1, 0.15) is 37.3 Å². The highest BCUT2D eigenvalue weighted by Gasteiger charge is 2.26. The number of ether oxygens (including phenoxy) is 1. The van der Waals surface area contributed by atoms with Gasteiger partial charge in [-0.15, -0.1) is 0 Å². The molecule has 9 nitrogen and oxygen atoms in total. The number of hydrogen-bond acceptors (Lipinski definition) is 6. The number of H-pyrrole nitrogens is 1. The topological polar surface area (TPSA) is 127 Å². The van der Waals surface area contributed by atoms with Crippen LogP contribution in [-0.2, 0) is 20.9 Å². The fourth-order valence-electron chi connectivity index (χ4n) is 3.76. The van der Waals surface area contributed by atoms with Crippen molar-refractivity contribution in [3.8, 4) is 0 Å². The Balaban J connectivity index is 1.82. The number of esters is 1. The molecular formula is C25H28N4O5. The van der Waals surface area contributed by atoms with Crippen molar-refractivity contribution in [3.05, 3.63) is 92.6 Å². The summed E-state index contributed by atoms with van der Waals surface area (Å²) >= 11 is 0. The van der Waals surface area contributed by atoms with Crippen LogP contribution in [0.5, 0.6) is 0 Å². The van der Waals surface area contributed by atoms with Crippen molar-refractivity contribution in [2.75, 3.05) is 23.8 Å². The average molecular weight is 465 g/mol. The van der Waals surface area contributed by atoms with E-state index in [2.05, 4.69) is 4.98 Å². The smallest absolute Gasteiger partial charge is 0.330 e. The first-order valence-corrected chi connectivity index (χ1v) is 11.1. The van der Waals surface area contributed by atoms with Crippen molar-refractivity contribution in [1.29, 1.82) is 0 Å². The van der Waals surface area contributed by atoms with Crippen LogP contribution in [0, 0.1) is 0 Å². The summed E-state index contributed by atoms with van der Waals surface area (Å²) in [7, 11) is 0. The highest BCUT2D eigenvalue weighted by molar-refractivity contribution is 5.97. The van der Waals surface area contributed by atoms with Crippen molar-refractivity contribution in [3.63, 3.8) is 0 Å². The number of nitrogens with zero attached hydrogens (tertiary/aromatic N) is 2. The summed E-state index contributed by atoms with van der Waals surface area (Å²) in [5, 5.41) is 0. The number of anilines is 2. The number of carbonyl (C=O) groups is 2. The number of rotatable bonds is 9. The lowest BCUT2D eigenvalue weighted by Gasteiger charge is -2.23. The van der Waals surface area contributed by atoms with Crippen LogP contribution in [0.4, 0.5) is 11.5 Å². The van der Waals surface area contributed by atoms with Gasteiger partial charge in [0, 0.05) is 6.54 Å². The second-order valence-corrected chi connectivity index (χ2v) is 7.68. The Morgan fingerprint density at radius 1 is 1.03 bits per heavy atom. The Labute approximate surface area is 196 Å². The Hall–Kier alpha value is -4.14. The summed E-state index contributed by atoms with van der Waals surface area (Å²) in [6.45, 7) is 3.15. The second-order valence-electron chi connectivity index (χ2n) is 7.68. The van der Waals surface area contributed by atoms with Crippen LogP contribution in [0.3, 0.4) is 0 Å². The molecule has 1 heterocycles. The maximum atomic E-state index is 12.9. The van der Waals surface area contributed by atoms with Crippen molar-refractivity contribution < 1.29 is 14.3 Å². The number of nitrogens with one attached hydrogen (secondary N) is 1. The molecule has 0 saturated carbocycles. The molecule has 0 spiro atoms. The third kappa shape index (κ3) is 5.43. The maximum absolute atomic E-state index is 12.9. The largest absolute Gasteiger partial charge is 0.455 e. The molecule has 0 radical (unpaired) electrons. The van der Waals surface area contributed by atoms with Crippen LogP contribution < -0.4 is 21.9 Å². The predicted octanol–water partition coefficient (Wildman–Crippen LogP) is 2.26. The Morgan fingerprint density at radius 2 is 1.65 bits per heavy atom. The fraction of sp³-hybridized carbons (Fsp3) is 0.280. The highest BCUT2D eigenvalue weighted by Crippen LogP contribution is 2.22. The van der Waals surface area contributed by atoms with Crippen LogP contribution in [-0.4, -0.2) is 34.6 Å². The molecule has 0 aliphatic heterocycles. The minimum Gasteiger partial charge on any atom is -0.455 e. The van der Waals surface area contributed by atoms with E-state index in [1.54, 1.807) is 6.92 Å². The molecule has 1 atom stereocenters. The normalized spacial score (nSPS) is 11.6. The van der Waals surface area contributed by atoms with Gasteiger partial charge in [0.1, 0.15) is 5.82 Å². The van der Waals surface area contributed by atoms with E-state index >= 15 is 0 Å². The van der Waals surface area contributed by atoms with Gasteiger partial charge < -0.3 is 15.4 Å². The number of aromatic amines is 1. The molecule has 3 rings (SSSR count). The number of amides is 1. The first-order chi connectivity index (χ1) is 16.4. The number of nitrogen functional groups attached to an aromatic ring is 1. The Morgan fingerprint density at radius 3 is 2.24 bits per heavy atom. The van der Waals surface area contributed by atoms with E-state index in [1.807, 2.05) is 67.6 Å². The molecule has 0 bridgehead atoms. The van der Waals surface area contributed by atoms with Crippen molar-refractivity contribution in [2.24, 2.45) is 0 Å². The molecule has 0 aliphatic carbocycles. The zero-order chi connectivity index (χ0) is 24.7. The van der Waals surface area contributed by atoms with Crippen molar-refractivity contribution in [2.45, 2.75) is 32.7 Å². The SMILES string of the molecule is CC[C@H](C(=O)OCC(=O)N(CC)c1c(N)n(Cc2ccccc2)c(=O)[nH]c1=O)c1ccccc1. The van der Waals surface area contributed by atoms with Gasteiger partial charge >= 0.3 is 11.7 Å². The summed E-state index contributed by atoms with van der Waals surface area (Å²) in [6, 6.07) is 18.3. The lowest BCUT2D eigenvalue weighted by molar-refractivity contribution is -0.149. The molecule has 0 fully saturated rings. The molecule has 0 aliphatic rings. The third-order valence-electron chi connectivity index (χ3n) is 5.52. The van der Waals surface area contributed by atoms with Gasteiger partial charge in [0.2, 0.25) is 0 Å². The monoisotopic (exact) mass is 464 g/mol. The minimum atomic E-state index is -0.788. The van der Waals surface area contributed by atoms with Gasteiger partial charge in [-0.05, 0) is 24.5 Å². The van der Waals surface area contributed by atoms with Crippen LogP contribution >= 0.6 is 0 Å². The second kappa shape index (κ2) is 11.1. The van der Waals surface area contributed by atoms with Gasteiger partial charge in [-0.25, -0.2) is 4.79 Å². The van der Waals surface area contributed by atoms with Crippen LogP contribution in [0.15, 0.2) is 70.3 Å². The lowest BCUT2D eigenvalue weighted by atomic mass is 9.97. The molecule has 0 unspecified atom stereocenters. The number of carbonyl (C=O) groups excluding carboxylic acids is 2. The zero-order valence-electron chi connectivity index (χ0n) is 19.2. The molecule has 2 aromatic carbocycles. The number of hydrogen-bond donors (Lipinski definition) is 2. The number of likely N-dealkylation sites (N-methyl/N-ethyl adjacent to an activating group) is 1. The molecule has 1 aromatic heterocycles. The van der Waals surface area contributed by atoms with E-state index in [1.165, 1.54) is 4.57 Å². The van der Waals surface area contributed by atoms with Gasteiger partial charge in [-0.1, -0.05) is 67.6 Å². The molecular weight excluding hydrogens is 436 g/mol. The maximum Gasteiger partial charge on any atom is 0.330 e. The van der Waals surface area contributed by atoms with Crippen molar-refractivity contribution >= 4 is 23.4 Å². The summed E-state index contributed by atoms with van der Waals surface area (Å²) in [5.41, 5.74) is 6.15. The molecule has 34 heavy (non-hydrogen) atoms. The van der Waals surface area contributed by atoms with E-state index in [4.69, 9.17) is 10.5 Å². The summed E-state index contributed by atoms with van der Waals surface area (Å²) in [4.78, 5) is 53.9. The summed E-state index contributed by atoms with van der Waals surface area (Å²) < 4.78 is 6.48. The molecule has 9 heteroatoms. The number of nitrogens with two attached hydrogens (primary N) is 1. The fourth-order valence-corrected chi connectivity index (χ4v) is 3.76. The summed E-state index contributed by atoms with van der Waals surface area (Å²) in [6.07, 6.45) is 0.506. The average Bonchev–Trinajstić information content (AvgIpc) is 2.84. The summed E-state index contributed by atoms with van der Waals surface area (Å²) in [5.74, 6) is -1.81. The number of benzene rings is 2. The quantitative estimate of drug-likeness (QED) is 0.468. The first kappa shape index (κ1) is 24.5. The Bertz CT molecular complexity index is 1250. The third-order valence-corrected chi connectivity index (χ3v) is 5.52. The van der Waals surface area contributed by atoms with Gasteiger partial charge in [0.15, 0.2) is 12.3 Å². The minimum absolute atomic E-state index is 0.0864. The molecule has 1 amide bonds.